The predicted octanol–water partition coefficient (Wildman–Crippen LogP) is 1.36. The molecule has 7 heteroatoms. The van der Waals surface area contributed by atoms with E-state index in [-0.39, 0.29) is 11.7 Å². The third kappa shape index (κ3) is 6.58. The SMILES string of the molecule is CN=C(NCCNC(=O)c1cccnc1)NCCc1cccc(F)c1. The minimum atomic E-state index is -0.232. The molecule has 0 radical (unpaired) electrons. The van der Waals surface area contributed by atoms with Gasteiger partial charge in [0, 0.05) is 39.1 Å². The quantitative estimate of drug-likeness (QED) is 0.403. The number of amides is 1. The van der Waals surface area contributed by atoms with E-state index in [0.29, 0.717) is 37.6 Å². The van der Waals surface area contributed by atoms with Crippen LogP contribution in [-0.2, 0) is 6.42 Å². The van der Waals surface area contributed by atoms with E-state index in [4.69, 9.17) is 0 Å². The van der Waals surface area contributed by atoms with Crippen LogP contribution in [0.5, 0.6) is 0 Å². The number of aromatic nitrogens is 1. The number of guanidine groups is 1. The molecule has 0 aliphatic carbocycles. The molecule has 0 saturated heterocycles. The number of hydrogen-bond donors (Lipinski definition) is 3. The highest BCUT2D eigenvalue weighted by Gasteiger charge is 2.04. The molecule has 2 rings (SSSR count). The molecule has 1 amide bonds. The molecule has 0 unspecified atom stereocenters. The Morgan fingerprint density at radius 2 is 1.92 bits per heavy atom. The van der Waals surface area contributed by atoms with Gasteiger partial charge in [0.15, 0.2) is 5.96 Å². The van der Waals surface area contributed by atoms with Crippen LogP contribution in [-0.4, -0.2) is 43.5 Å². The highest BCUT2D eigenvalue weighted by Crippen LogP contribution is 2.03. The summed E-state index contributed by atoms with van der Waals surface area (Å²) < 4.78 is 13.1. The molecular weight excluding hydrogens is 321 g/mol. The second-order valence-electron chi connectivity index (χ2n) is 5.30. The van der Waals surface area contributed by atoms with Crippen molar-refractivity contribution in [3.63, 3.8) is 0 Å². The first-order valence-electron chi connectivity index (χ1n) is 8.06. The number of aliphatic imine (C=N–C) groups is 1. The van der Waals surface area contributed by atoms with Gasteiger partial charge in [-0.05, 0) is 36.2 Å². The monoisotopic (exact) mass is 343 g/mol. The average Bonchev–Trinajstić information content (AvgIpc) is 2.64. The Labute approximate surface area is 146 Å². The first kappa shape index (κ1) is 18.4. The number of nitrogens with one attached hydrogen (secondary N) is 3. The summed E-state index contributed by atoms with van der Waals surface area (Å²) in [6.07, 6.45) is 3.84. The van der Waals surface area contributed by atoms with E-state index < -0.39 is 0 Å². The molecule has 3 N–H and O–H groups in total. The van der Waals surface area contributed by atoms with E-state index in [9.17, 15) is 9.18 Å². The Hall–Kier alpha value is -2.96. The Bertz CT molecular complexity index is 706. The van der Waals surface area contributed by atoms with Gasteiger partial charge in [-0.1, -0.05) is 12.1 Å². The van der Waals surface area contributed by atoms with Crippen molar-refractivity contribution < 1.29 is 9.18 Å². The van der Waals surface area contributed by atoms with Crippen LogP contribution in [0, 0.1) is 5.82 Å². The van der Waals surface area contributed by atoms with E-state index >= 15 is 0 Å². The van der Waals surface area contributed by atoms with Gasteiger partial charge in [-0.15, -0.1) is 0 Å². The fourth-order valence-electron chi connectivity index (χ4n) is 2.19. The van der Waals surface area contributed by atoms with Crippen molar-refractivity contribution in [1.82, 2.24) is 20.9 Å². The standard InChI is InChI=1S/C18H22FN5O/c1-20-18(23-9-7-14-4-2-6-16(19)12-14)24-11-10-22-17(25)15-5-3-8-21-13-15/h2-6,8,12-13H,7,9-11H2,1H3,(H,22,25)(H2,20,23,24). The first-order valence-corrected chi connectivity index (χ1v) is 8.06. The van der Waals surface area contributed by atoms with Crippen molar-refractivity contribution in [3.8, 4) is 0 Å². The molecule has 0 fully saturated rings. The lowest BCUT2D eigenvalue weighted by molar-refractivity contribution is 0.0954. The lowest BCUT2D eigenvalue weighted by Gasteiger charge is -2.12. The van der Waals surface area contributed by atoms with Gasteiger partial charge in [0.25, 0.3) is 5.91 Å². The molecule has 6 nitrogen and oxygen atoms in total. The Balaban J connectivity index is 1.64. The zero-order valence-corrected chi connectivity index (χ0v) is 14.1. The molecule has 2 aromatic rings. The molecule has 0 spiro atoms. The van der Waals surface area contributed by atoms with Crippen molar-refractivity contribution in [2.45, 2.75) is 6.42 Å². The predicted molar refractivity (Wildman–Crippen MR) is 96.0 cm³/mol. The van der Waals surface area contributed by atoms with Crippen LogP contribution in [0.3, 0.4) is 0 Å². The smallest absolute Gasteiger partial charge is 0.252 e. The Morgan fingerprint density at radius 3 is 2.64 bits per heavy atom. The second kappa shape index (κ2) is 10.0. The number of rotatable bonds is 7. The Kier molecular flexibility index (Phi) is 7.37. The summed E-state index contributed by atoms with van der Waals surface area (Å²) in [5.41, 5.74) is 1.45. The van der Waals surface area contributed by atoms with Gasteiger partial charge in [0.05, 0.1) is 5.56 Å². The molecule has 0 bridgehead atoms. The number of carbonyl (C=O) groups is 1. The summed E-state index contributed by atoms with van der Waals surface area (Å²) in [5.74, 6) is 0.236. The molecule has 0 atom stereocenters. The number of carbonyl (C=O) groups excluding carboxylic acids is 1. The van der Waals surface area contributed by atoms with Gasteiger partial charge in [0.2, 0.25) is 0 Å². The van der Waals surface area contributed by atoms with Gasteiger partial charge in [-0.2, -0.15) is 0 Å². The highest BCUT2D eigenvalue weighted by atomic mass is 19.1. The molecular formula is C18H22FN5O. The molecule has 1 heterocycles. The van der Waals surface area contributed by atoms with Crippen molar-refractivity contribution in [2.75, 3.05) is 26.7 Å². The maximum atomic E-state index is 13.1. The van der Waals surface area contributed by atoms with Crippen LogP contribution < -0.4 is 16.0 Å². The van der Waals surface area contributed by atoms with Crippen molar-refractivity contribution in [2.24, 2.45) is 4.99 Å². The molecule has 0 aliphatic heterocycles. The van der Waals surface area contributed by atoms with Crippen molar-refractivity contribution >= 4 is 11.9 Å². The van der Waals surface area contributed by atoms with Crippen LogP contribution in [0.4, 0.5) is 4.39 Å². The number of benzene rings is 1. The van der Waals surface area contributed by atoms with Crippen LogP contribution in [0.2, 0.25) is 0 Å². The van der Waals surface area contributed by atoms with Gasteiger partial charge >= 0.3 is 0 Å². The van der Waals surface area contributed by atoms with Gasteiger partial charge in [-0.25, -0.2) is 4.39 Å². The number of halogens is 1. The molecule has 25 heavy (non-hydrogen) atoms. The number of nitrogens with zero attached hydrogens (tertiary/aromatic N) is 2. The molecule has 1 aromatic heterocycles. The van der Waals surface area contributed by atoms with E-state index in [0.717, 1.165) is 5.56 Å². The van der Waals surface area contributed by atoms with Crippen LogP contribution >= 0.6 is 0 Å². The zero-order valence-electron chi connectivity index (χ0n) is 14.1. The largest absolute Gasteiger partial charge is 0.356 e. The maximum Gasteiger partial charge on any atom is 0.252 e. The van der Waals surface area contributed by atoms with Gasteiger partial charge < -0.3 is 16.0 Å². The Morgan fingerprint density at radius 1 is 1.12 bits per heavy atom. The van der Waals surface area contributed by atoms with Crippen molar-refractivity contribution in [1.29, 1.82) is 0 Å². The third-order valence-electron chi connectivity index (χ3n) is 3.45. The third-order valence-corrected chi connectivity index (χ3v) is 3.45. The normalized spacial score (nSPS) is 11.0. The minimum absolute atomic E-state index is 0.163. The fourth-order valence-corrected chi connectivity index (χ4v) is 2.19. The minimum Gasteiger partial charge on any atom is -0.356 e. The van der Waals surface area contributed by atoms with Crippen LogP contribution in [0.1, 0.15) is 15.9 Å². The fraction of sp³-hybridized carbons (Fsp3) is 0.278. The van der Waals surface area contributed by atoms with E-state index in [1.54, 1.807) is 31.4 Å². The van der Waals surface area contributed by atoms with E-state index in [2.05, 4.69) is 25.9 Å². The molecule has 0 saturated carbocycles. The summed E-state index contributed by atoms with van der Waals surface area (Å²) in [7, 11) is 1.67. The lowest BCUT2D eigenvalue weighted by Crippen LogP contribution is -2.42. The number of pyridine rings is 1. The molecule has 0 aliphatic rings. The van der Waals surface area contributed by atoms with E-state index in [1.165, 1.54) is 18.3 Å². The number of hydrogen-bond acceptors (Lipinski definition) is 3. The van der Waals surface area contributed by atoms with Crippen molar-refractivity contribution in [3.05, 3.63) is 65.7 Å². The maximum absolute atomic E-state index is 13.1. The van der Waals surface area contributed by atoms with Crippen LogP contribution in [0.15, 0.2) is 53.8 Å². The first-order chi connectivity index (χ1) is 12.2. The van der Waals surface area contributed by atoms with E-state index in [1.807, 2.05) is 6.07 Å². The van der Waals surface area contributed by atoms with Gasteiger partial charge in [0.1, 0.15) is 5.82 Å². The highest BCUT2D eigenvalue weighted by molar-refractivity contribution is 5.93. The molecule has 1 aromatic carbocycles. The summed E-state index contributed by atoms with van der Waals surface area (Å²) in [5, 5.41) is 9.06. The summed E-state index contributed by atoms with van der Waals surface area (Å²) in [4.78, 5) is 19.9. The van der Waals surface area contributed by atoms with Crippen LogP contribution in [0.25, 0.3) is 0 Å². The summed E-state index contributed by atoms with van der Waals surface area (Å²) in [6.45, 7) is 1.62. The lowest BCUT2D eigenvalue weighted by atomic mass is 10.1. The van der Waals surface area contributed by atoms with Gasteiger partial charge in [-0.3, -0.25) is 14.8 Å². The topological polar surface area (TPSA) is 78.4 Å². The summed E-state index contributed by atoms with van der Waals surface area (Å²) >= 11 is 0. The molecule has 132 valence electrons. The summed E-state index contributed by atoms with van der Waals surface area (Å²) in [6, 6.07) is 9.96. The zero-order chi connectivity index (χ0) is 17.9. The average molecular weight is 343 g/mol. The second-order valence-corrected chi connectivity index (χ2v) is 5.30.